The van der Waals surface area contributed by atoms with Gasteiger partial charge in [-0.2, -0.15) is 0 Å². The predicted molar refractivity (Wildman–Crippen MR) is 119 cm³/mol. The number of nitrogens with one attached hydrogen (secondary N) is 2. The Balaban J connectivity index is 1.89. The molecule has 0 bridgehead atoms. The van der Waals surface area contributed by atoms with Gasteiger partial charge in [0.15, 0.2) is 0 Å². The Morgan fingerprint density at radius 2 is 1.60 bits per heavy atom. The molecule has 3 aromatic rings. The van der Waals surface area contributed by atoms with Crippen molar-refractivity contribution in [3.8, 4) is 11.5 Å². The van der Waals surface area contributed by atoms with Crippen LogP contribution in [0.2, 0.25) is 0 Å². The molecular weight excluding hydrogens is 472 g/mol. The molecule has 0 aromatic heterocycles. The number of anilines is 2. The van der Waals surface area contributed by atoms with Crippen LogP contribution >= 0.6 is 15.9 Å². The van der Waals surface area contributed by atoms with Crippen LogP contribution in [0.4, 0.5) is 11.4 Å². The summed E-state index contributed by atoms with van der Waals surface area (Å²) >= 11 is 3.31. The van der Waals surface area contributed by atoms with E-state index in [1.54, 1.807) is 54.6 Å². The van der Waals surface area contributed by atoms with Crippen molar-refractivity contribution in [2.75, 3.05) is 24.3 Å². The number of benzene rings is 3. The van der Waals surface area contributed by atoms with Crippen LogP contribution in [0.5, 0.6) is 11.5 Å². The molecule has 0 radical (unpaired) electrons. The Labute approximate surface area is 183 Å². The highest BCUT2D eigenvalue weighted by Crippen LogP contribution is 2.29. The second-order valence-corrected chi connectivity index (χ2v) is 8.73. The van der Waals surface area contributed by atoms with Gasteiger partial charge in [-0.1, -0.05) is 22.0 Å². The predicted octanol–water partition coefficient (Wildman–Crippen LogP) is 4.52. The van der Waals surface area contributed by atoms with Crippen LogP contribution in [0.3, 0.4) is 0 Å². The van der Waals surface area contributed by atoms with Gasteiger partial charge in [-0.25, -0.2) is 8.42 Å². The molecule has 3 rings (SSSR count). The number of methoxy groups -OCH3 is 2. The van der Waals surface area contributed by atoms with E-state index in [-0.39, 0.29) is 10.6 Å². The normalized spacial score (nSPS) is 10.9. The van der Waals surface area contributed by atoms with Gasteiger partial charge in [0.2, 0.25) is 0 Å². The molecule has 7 nitrogen and oxygen atoms in total. The number of sulfonamides is 1. The fourth-order valence-corrected chi connectivity index (χ4v) is 4.18. The van der Waals surface area contributed by atoms with E-state index in [4.69, 9.17) is 9.47 Å². The molecule has 0 spiro atoms. The summed E-state index contributed by atoms with van der Waals surface area (Å²) in [5.41, 5.74) is 1.08. The molecule has 1 amide bonds. The molecule has 9 heteroatoms. The van der Waals surface area contributed by atoms with Crippen LogP contribution in [-0.4, -0.2) is 28.5 Å². The van der Waals surface area contributed by atoms with Gasteiger partial charge < -0.3 is 14.8 Å². The number of hydrogen-bond donors (Lipinski definition) is 2. The molecule has 3 aromatic carbocycles. The molecule has 2 N–H and O–H groups in total. The smallest absolute Gasteiger partial charge is 0.265 e. The second kappa shape index (κ2) is 9.19. The second-order valence-electron chi connectivity index (χ2n) is 6.16. The summed E-state index contributed by atoms with van der Waals surface area (Å²) < 4.78 is 39.5. The molecular formula is C21H19BrN2O5S. The molecule has 0 atom stereocenters. The van der Waals surface area contributed by atoms with E-state index in [0.29, 0.717) is 22.7 Å². The first kappa shape index (κ1) is 21.7. The van der Waals surface area contributed by atoms with Crippen molar-refractivity contribution in [1.82, 2.24) is 0 Å². The lowest BCUT2D eigenvalue weighted by Crippen LogP contribution is -2.16. The van der Waals surface area contributed by atoms with Crippen LogP contribution in [0.1, 0.15) is 10.4 Å². The van der Waals surface area contributed by atoms with Crippen molar-refractivity contribution in [1.29, 1.82) is 0 Å². The van der Waals surface area contributed by atoms with Crippen molar-refractivity contribution in [3.63, 3.8) is 0 Å². The van der Waals surface area contributed by atoms with Crippen LogP contribution < -0.4 is 19.5 Å². The number of amides is 1. The van der Waals surface area contributed by atoms with Crippen molar-refractivity contribution >= 4 is 43.2 Å². The summed E-state index contributed by atoms with van der Waals surface area (Å²) in [5.74, 6) is 0.293. The lowest BCUT2D eigenvalue weighted by atomic mass is 10.2. The van der Waals surface area contributed by atoms with Gasteiger partial charge in [0.05, 0.1) is 14.2 Å². The quantitative estimate of drug-likeness (QED) is 0.507. The molecule has 30 heavy (non-hydrogen) atoms. The summed E-state index contributed by atoms with van der Waals surface area (Å²) in [6, 6.07) is 17.7. The summed E-state index contributed by atoms with van der Waals surface area (Å²) in [6.45, 7) is 0. The Hall–Kier alpha value is -3.04. The summed E-state index contributed by atoms with van der Waals surface area (Å²) in [5, 5.41) is 2.70. The molecule has 0 aliphatic rings. The third-order valence-corrected chi connectivity index (χ3v) is 6.07. The molecule has 0 heterocycles. The Kier molecular flexibility index (Phi) is 6.63. The maximum atomic E-state index is 12.9. The first-order valence-corrected chi connectivity index (χ1v) is 11.0. The minimum atomic E-state index is -3.96. The van der Waals surface area contributed by atoms with Crippen molar-refractivity contribution < 1.29 is 22.7 Å². The third kappa shape index (κ3) is 5.11. The fraction of sp³-hybridized carbons (Fsp3) is 0.0952. The summed E-state index contributed by atoms with van der Waals surface area (Å²) in [6.07, 6.45) is 0. The fourth-order valence-electron chi connectivity index (χ4n) is 2.66. The van der Waals surface area contributed by atoms with Gasteiger partial charge in [0, 0.05) is 21.4 Å². The zero-order valence-electron chi connectivity index (χ0n) is 16.2. The van der Waals surface area contributed by atoms with E-state index in [1.807, 2.05) is 0 Å². The number of ether oxygens (including phenoxy) is 2. The van der Waals surface area contributed by atoms with E-state index in [0.717, 1.165) is 4.47 Å². The summed E-state index contributed by atoms with van der Waals surface area (Å²) in [7, 11) is -1.08. The minimum absolute atomic E-state index is 0.101. The highest BCUT2D eigenvalue weighted by atomic mass is 79.9. The first-order chi connectivity index (χ1) is 14.3. The molecule has 0 aliphatic heterocycles. The van der Waals surface area contributed by atoms with Crippen LogP contribution in [0, 0.1) is 0 Å². The third-order valence-electron chi connectivity index (χ3n) is 4.14. The molecule has 0 fully saturated rings. The monoisotopic (exact) mass is 490 g/mol. The highest BCUT2D eigenvalue weighted by Gasteiger charge is 2.21. The molecule has 0 saturated heterocycles. The van der Waals surface area contributed by atoms with E-state index in [1.165, 1.54) is 26.4 Å². The maximum absolute atomic E-state index is 12.9. The zero-order chi connectivity index (χ0) is 21.7. The van der Waals surface area contributed by atoms with Crippen LogP contribution in [-0.2, 0) is 10.0 Å². The number of rotatable bonds is 7. The number of carbonyl (C=O) groups is 1. The SMILES string of the molecule is COc1cccc(C(=O)Nc2ccc(OC)c(S(=O)(=O)Nc3ccc(Br)cc3)c2)c1. The van der Waals surface area contributed by atoms with E-state index in [9.17, 15) is 13.2 Å². The van der Waals surface area contributed by atoms with E-state index < -0.39 is 15.9 Å². The van der Waals surface area contributed by atoms with E-state index >= 15 is 0 Å². The summed E-state index contributed by atoms with van der Waals surface area (Å²) in [4.78, 5) is 12.5. The van der Waals surface area contributed by atoms with Gasteiger partial charge in [0.1, 0.15) is 16.4 Å². The van der Waals surface area contributed by atoms with Crippen molar-refractivity contribution in [3.05, 3.63) is 76.8 Å². The number of halogens is 1. The standard InChI is InChI=1S/C21H19BrN2O5S/c1-28-18-5-3-4-14(12-18)21(25)23-17-10-11-19(29-2)20(13-17)30(26,27)24-16-8-6-15(22)7-9-16/h3-13,24H,1-2H3,(H,23,25). The van der Waals surface area contributed by atoms with E-state index in [2.05, 4.69) is 26.0 Å². The Morgan fingerprint density at radius 1 is 0.900 bits per heavy atom. The molecule has 156 valence electrons. The average molecular weight is 491 g/mol. The van der Waals surface area contributed by atoms with Gasteiger partial charge >= 0.3 is 0 Å². The van der Waals surface area contributed by atoms with Gasteiger partial charge in [-0.3, -0.25) is 9.52 Å². The lowest BCUT2D eigenvalue weighted by molar-refractivity contribution is 0.102. The van der Waals surface area contributed by atoms with Gasteiger partial charge in [0.25, 0.3) is 15.9 Å². The molecule has 0 saturated carbocycles. The first-order valence-electron chi connectivity index (χ1n) is 8.74. The van der Waals surface area contributed by atoms with Gasteiger partial charge in [-0.05, 0) is 60.7 Å². The van der Waals surface area contributed by atoms with Crippen molar-refractivity contribution in [2.45, 2.75) is 4.90 Å². The van der Waals surface area contributed by atoms with Crippen molar-refractivity contribution in [2.24, 2.45) is 0 Å². The van der Waals surface area contributed by atoms with Crippen LogP contribution in [0.25, 0.3) is 0 Å². The lowest BCUT2D eigenvalue weighted by Gasteiger charge is -2.14. The molecule has 0 unspecified atom stereocenters. The zero-order valence-corrected chi connectivity index (χ0v) is 18.6. The van der Waals surface area contributed by atoms with Crippen LogP contribution in [0.15, 0.2) is 76.1 Å². The minimum Gasteiger partial charge on any atom is -0.497 e. The largest absolute Gasteiger partial charge is 0.497 e. The topological polar surface area (TPSA) is 93.7 Å². The maximum Gasteiger partial charge on any atom is 0.265 e. The highest BCUT2D eigenvalue weighted by molar-refractivity contribution is 9.10. The Bertz CT molecular complexity index is 1160. The number of carbonyl (C=O) groups excluding carboxylic acids is 1. The molecule has 0 aliphatic carbocycles. The Morgan fingerprint density at radius 3 is 2.27 bits per heavy atom. The van der Waals surface area contributed by atoms with Gasteiger partial charge in [-0.15, -0.1) is 0 Å². The average Bonchev–Trinajstić information content (AvgIpc) is 2.75. The number of hydrogen-bond acceptors (Lipinski definition) is 5.